The molecule has 42 heavy (non-hydrogen) atoms. The number of nitrogens with zero attached hydrogens (tertiary/aromatic N) is 1. The summed E-state index contributed by atoms with van der Waals surface area (Å²) in [6.07, 6.45) is 20.3. The average molecular weight is 622 g/mol. The van der Waals surface area contributed by atoms with E-state index in [1.165, 1.54) is 64.2 Å². The first-order chi connectivity index (χ1) is 20.0. The lowest BCUT2D eigenvalue weighted by atomic mass is 10.0. The van der Waals surface area contributed by atoms with Crippen LogP contribution in [0.3, 0.4) is 0 Å². The van der Waals surface area contributed by atoms with Crippen molar-refractivity contribution in [1.29, 1.82) is 0 Å². The number of hydrogen-bond acceptors (Lipinski definition) is 8. The van der Waals surface area contributed by atoms with Crippen LogP contribution in [0.15, 0.2) is 0 Å². The Hall–Kier alpha value is -0.990. The quantitative estimate of drug-likeness (QED) is 0.0351. The highest BCUT2D eigenvalue weighted by Crippen LogP contribution is 2.38. The summed E-state index contributed by atoms with van der Waals surface area (Å²) in [5, 5.41) is 0. The van der Waals surface area contributed by atoms with Crippen molar-refractivity contribution in [3.8, 4) is 0 Å². The first-order valence-corrected chi connectivity index (χ1v) is 18.2. The summed E-state index contributed by atoms with van der Waals surface area (Å²) in [6.45, 7) is 4.11. The van der Waals surface area contributed by atoms with E-state index in [0.29, 0.717) is 17.4 Å². The molecule has 0 heterocycles. The molecule has 1 unspecified atom stereocenters. The summed E-state index contributed by atoms with van der Waals surface area (Å²) < 4.78 is 33.4. The first-order valence-electron chi connectivity index (χ1n) is 16.7. The van der Waals surface area contributed by atoms with E-state index in [0.717, 1.165) is 44.9 Å². The number of esters is 2. The van der Waals surface area contributed by atoms with Crippen LogP contribution < -0.4 is 4.89 Å². The molecule has 0 aromatic rings. The van der Waals surface area contributed by atoms with Crippen LogP contribution in [0.5, 0.6) is 0 Å². The van der Waals surface area contributed by atoms with Gasteiger partial charge in [-0.05, 0) is 12.8 Å². The smallest absolute Gasteiger partial charge is 0.306 e. The molecule has 0 saturated carbocycles. The number of likely N-dealkylation sites (N-methyl/N-ethyl adjacent to an activating group) is 1. The van der Waals surface area contributed by atoms with Gasteiger partial charge >= 0.3 is 11.9 Å². The van der Waals surface area contributed by atoms with E-state index in [4.69, 9.17) is 18.5 Å². The predicted octanol–water partition coefficient (Wildman–Crippen LogP) is 7.49. The van der Waals surface area contributed by atoms with Crippen molar-refractivity contribution in [2.75, 3.05) is 47.5 Å². The largest absolute Gasteiger partial charge is 0.756 e. The van der Waals surface area contributed by atoms with Crippen LogP contribution in [0.2, 0.25) is 0 Å². The average Bonchev–Trinajstić information content (AvgIpc) is 2.91. The lowest BCUT2D eigenvalue weighted by molar-refractivity contribution is -0.870. The zero-order chi connectivity index (χ0) is 31.5. The Morgan fingerprint density at radius 2 is 1.07 bits per heavy atom. The molecule has 0 aliphatic heterocycles. The lowest BCUT2D eigenvalue weighted by Gasteiger charge is -2.28. The molecule has 0 aromatic heterocycles. The molecule has 0 amide bonds. The summed E-state index contributed by atoms with van der Waals surface area (Å²) in [6, 6.07) is 0. The molecule has 10 heteroatoms. The van der Waals surface area contributed by atoms with Crippen molar-refractivity contribution in [2.24, 2.45) is 0 Å². The molecule has 0 fully saturated rings. The van der Waals surface area contributed by atoms with Crippen molar-refractivity contribution in [3.63, 3.8) is 0 Å². The summed E-state index contributed by atoms with van der Waals surface area (Å²) in [5.74, 6) is -0.845. The zero-order valence-corrected chi connectivity index (χ0v) is 28.6. The summed E-state index contributed by atoms with van der Waals surface area (Å²) in [5.41, 5.74) is 0. The molecule has 250 valence electrons. The third-order valence-corrected chi connectivity index (χ3v) is 8.09. The Bertz CT molecular complexity index is 713. The fraction of sp³-hybridized carbons (Fsp3) is 0.938. The highest BCUT2D eigenvalue weighted by molar-refractivity contribution is 7.45. The number of carbonyl (C=O) groups excluding carboxylic acids is 2. The molecule has 0 aliphatic rings. The van der Waals surface area contributed by atoms with Gasteiger partial charge in [0, 0.05) is 12.8 Å². The summed E-state index contributed by atoms with van der Waals surface area (Å²) in [7, 11) is 1.17. The number of quaternary nitrogens is 1. The van der Waals surface area contributed by atoms with Gasteiger partial charge in [-0.25, -0.2) is 0 Å². The second-order valence-corrected chi connectivity index (χ2v) is 14.0. The zero-order valence-electron chi connectivity index (χ0n) is 27.7. The number of unbranched alkanes of at least 4 members (excludes halogenated alkanes) is 16. The van der Waals surface area contributed by atoms with Crippen LogP contribution in [0.4, 0.5) is 0 Å². The fourth-order valence-electron chi connectivity index (χ4n) is 4.42. The molecule has 2 atom stereocenters. The third kappa shape index (κ3) is 29.1. The Balaban J connectivity index is 4.34. The van der Waals surface area contributed by atoms with Gasteiger partial charge < -0.3 is 27.9 Å². The minimum absolute atomic E-state index is 0.0272. The van der Waals surface area contributed by atoms with E-state index < -0.39 is 26.5 Å². The van der Waals surface area contributed by atoms with Crippen molar-refractivity contribution in [1.82, 2.24) is 0 Å². The van der Waals surface area contributed by atoms with Crippen LogP contribution >= 0.6 is 7.82 Å². The Morgan fingerprint density at radius 3 is 1.52 bits per heavy atom. The van der Waals surface area contributed by atoms with Gasteiger partial charge in [-0.3, -0.25) is 14.2 Å². The molecule has 0 saturated heterocycles. The van der Waals surface area contributed by atoms with Crippen molar-refractivity contribution < 1.29 is 42.1 Å². The molecule has 0 rings (SSSR count). The lowest BCUT2D eigenvalue weighted by Crippen LogP contribution is -2.37. The van der Waals surface area contributed by atoms with Gasteiger partial charge in [0.1, 0.15) is 19.8 Å². The van der Waals surface area contributed by atoms with Crippen molar-refractivity contribution in [3.05, 3.63) is 0 Å². The minimum atomic E-state index is -4.59. The second kappa shape index (κ2) is 26.4. The van der Waals surface area contributed by atoms with E-state index in [2.05, 4.69) is 13.8 Å². The van der Waals surface area contributed by atoms with E-state index >= 15 is 0 Å². The maximum atomic E-state index is 12.3. The summed E-state index contributed by atoms with van der Waals surface area (Å²) in [4.78, 5) is 36.8. The van der Waals surface area contributed by atoms with E-state index in [1.807, 2.05) is 21.1 Å². The molecule has 9 nitrogen and oxygen atoms in total. The SMILES string of the molecule is CCCCCCCCCCCCCCCC(=O)OC[C@H](COP(=O)([O-])OCC[N+](C)(C)C)OC(=O)CCCCCCC. The van der Waals surface area contributed by atoms with Gasteiger partial charge in [0.2, 0.25) is 0 Å². The normalized spacial score (nSPS) is 14.0. The Labute approximate surface area is 257 Å². The number of rotatable bonds is 30. The van der Waals surface area contributed by atoms with Crippen LogP contribution in [-0.4, -0.2) is 70.0 Å². The van der Waals surface area contributed by atoms with Crippen LogP contribution in [-0.2, 0) is 32.7 Å². The number of ether oxygens (including phenoxy) is 2. The van der Waals surface area contributed by atoms with Gasteiger partial charge in [-0.15, -0.1) is 0 Å². The third-order valence-electron chi connectivity index (χ3n) is 7.13. The van der Waals surface area contributed by atoms with Crippen LogP contribution in [0.1, 0.15) is 142 Å². The van der Waals surface area contributed by atoms with Gasteiger partial charge in [-0.2, -0.15) is 0 Å². The van der Waals surface area contributed by atoms with E-state index in [-0.39, 0.29) is 32.0 Å². The molecule has 0 spiro atoms. The Morgan fingerprint density at radius 1 is 0.643 bits per heavy atom. The van der Waals surface area contributed by atoms with Gasteiger partial charge in [0.05, 0.1) is 27.7 Å². The van der Waals surface area contributed by atoms with Crippen molar-refractivity contribution >= 4 is 19.8 Å². The number of hydrogen-bond donors (Lipinski definition) is 0. The van der Waals surface area contributed by atoms with Gasteiger partial charge in [0.15, 0.2) is 6.10 Å². The van der Waals surface area contributed by atoms with Crippen LogP contribution in [0.25, 0.3) is 0 Å². The molecule has 0 bridgehead atoms. The maximum Gasteiger partial charge on any atom is 0.306 e. The van der Waals surface area contributed by atoms with Gasteiger partial charge in [-0.1, -0.05) is 117 Å². The highest BCUT2D eigenvalue weighted by Gasteiger charge is 2.21. The monoisotopic (exact) mass is 621 g/mol. The highest BCUT2D eigenvalue weighted by atomic mass is 31.2. The van der Waals surface area contributed by atoms with Gasteiger partial charge in [0.25, 0.3) is 7.82 Å². The minimum Gasteiger partial charge on any atom is -0.756 e. The Kier molecular flexibility index (Phi) is 25.8. The molecule has 0 N–H and O–H groups in total. The predicted molar refractivity (Wildman–Crippen MR) is 167 cm³/mol. The van der Waals surface area contributed by atoms with E-state index in [1.54, 1.807) is 0 Å². The maximum absolute atomic E-state index is 12.3. The first kappa shape index (κ1) is 41.0. The fourth-order valence-corrected chi connectivity index (χ4v) is 5.15. The number of phosphoric ester groups is 1. The van der Waals surface area contributed by atoms with E-state index in [9.17, 15) is 19.0 Å². The number of carbonyl (C=O) groups is 2. The summed E-state index contributed by atoms with van der Waals surface area (Å²) >= 11 is 0. The molecule has 0 aliphatic carbocycles. The topological polar surface area (TPSA) is 111 Å². The molecular weight excluding hydrogens is 557 g/mol. The second-order valence-electron chi connectivity index (χ2n) is 12.5. The molecular formula is C32H64NO8P. The standard InChI is InChI=1S/C32H64NO8P/c1-6-8-10-12-13-14-15-16-17-18-19-21-22-24-31(34)38-28-30(41-32(35)25-23-20-11-9-7-2)29-40-42(36,37)39-27-26-33(3,4)5/h30H,6-29H2,1-5H3/t30-/m1/s1. The van der Waals surface area contributed by atoms with Crippen LogP contribution in [0, 0.1) is 0 Å². The molecule has 0 radical (unpaired) electrons. The van der Waals surface area contributed by atoms with Crippen molar-refractivity contribution in [2.45, 2.75) is 148 Å². The molecule has 0 aromatic carbocycles. The number of phosphoric acid groups is 1.